The van der Waals surface area contributed by atoms with Gasteiger partial charge in [0, 0.05) is 32.1 Å². The summed E-state index contributed by atoms with van der Waals surface area (Å²) in [7, 11) is 0. The van der Waals surface area contributed by atoms with Crippen molar-refractivity contribution < 1.29 is 19.0 Å². The van der Waals surface area contributed by atoms with E-state index in [9.17, 15) is 4.79 Å². The third kappa shape index (κ3) is 3.62. The zero-order valence-corrected chi connectivity index (χ0v) is 16.5. The van der Waals surface area contributed by atoms with Crippen LogP contribution >= 0.6 is 11.3 Å². The van der Waals surface area contributed by atoms with Gasteiger partial charge in [-0.25, -0.2) is 0 Å². The smallest absolute Gasteiger partial charge is 0.264 e. The maximum atomic E-state index is 13.0. The van der Waals surface area contributed by atoms with Crippen molar-refractivity contribution in [2.24, 2.45) is 5.92 Å². The number of carbonyl (C=O) groups is 1. The molecule has 28 heavy (non-hydrogen) atoms. The minimum Gasteiger partial charge on any atom is -0.486 e. The third-order valence-electron chi connectivity index (χ3n) is 5.55. The van der Waals surface area contributed by atoms with Gasteiger partial charge in [0.1, 0.15) is 13.2 Å². The zero-order valence-electron chi connectivity index (χ0n) is 15.7. The van der Waals surface area contributed by atoms with Gasteiger partial charge in [0.15, 0.2) is 11.5 Å². The maximum absolute atomic E-state index is 13.0. The van der Waals surface area contributed by atoms with Crippen LogP contribution in [0.5, 0.6) is 11.5 Å². The van der Waals surface area contributed by atoms with E-state index in [0.717, 1.165) is 42.6 Å². The number of benzene rings is 1. The van der Waals surface area contributed by atoms with E-state index in [4.69, 9.17) is 14.2 Å². The molecule has 2 aromatic rings. The highest BCUT2D eigenvalue weighted by Gasteiger charge is 2.36. The fourth-order valence-corrected chi connectivity index (χ4v) is 4.98. The Balaban J connectivity index is 1.33. The summed E-state index contributed by atoms with van der Waals surface area (Å²) in [5.74, 6) is 2.12. The van der Waals surface area contributed by atoms with Gasteiger partial charge in [-0.3, -0.25) is 9.69 Å². The number of fused-ring (bicyclic) bond motifs is 4. The molecule has 7 heteroatoms. The number of hydrogen-bond donors (Lipinski definition) is 0. The van der Waals surface area contributed by atoms with Gasteiger partial charge in [-0.05, 0) is 29.1 Å². The van der Waals surface area contributed by atoms with E-state index in [2.05, 4.69) is 17.0 Å². The van der Waals surface area contributed by atoms with E-state index in [1.165, 1.54) is 16.9 Å². The Morgan fingerprint density at radius 1 is 1.07 bits per heavy atom. The molecule has 3 aliphatic heterocycles. The summed E-state index contributed by atoms with van der Waals surface area (Å²) in [5, 5.41) is 1.96. The molecule has 3 aliphatic rings. The summed E-state index contributed by atoms with van der Waals surface area (Å²) in [6, 6.07) is 10.1. The summed E-state index contributed by atoms with van der Waals surface area (Å²) in [5.41, 5.74) is 1.21. The van der Waals surface area contributed by atoms with Crippen LogP contribution in [0.15, 0.2) is 35.7 Å². The van der Waals surface area contributed by atoms with Gasteiger partial charge in [0.2, 0.25) is 0 Å². The molecule has 148 valence electrons. The maximum Gasteiger partial charge on any atom is 0.264 e. The van der Waals surface area contributed by atoms with Crippen LogP contribution in [0.3, 0.4) is 0 Å². The van der Waals surface area contributed by atoms with Crippen molar-refractivity contribution >= 4 is 17.2 Å². The highest BCUT2D eigenvalue weighted by Crippen LogP contribution is 2.32. The second kappa shape index (κ2) is 7.73. The second-order valence-corrected chi connectivity index (χ2v) is 8.61. The van der Waals surface area contributed by atoms with Crippen LogP contribution in [0.4, 0.5) is 0 Å². The second-order valence-electron chi connectivity index (χ2n) is 7.66. The summed E-state index contributed by atoms with van der Waals surface area (Å²) in [6.07, 6.45) is 0. The number of nitrogens with zero attached hydrogens (tertiary/aromatic N) is 2. The molecule has 0 spiro atoms. The molecular formula is C21H24N2O4S. The molecule has 2 bridgehead atoms. The van der Waals surface area contributed by atoms with Crippen LogP contribution in [0.25, 0.3) is 0 Å². The first-order valence-electron chi connectivity index (χ1n) is 9.79. The molecule has 2 atom stereocenters. The molecule has 6 nitrogen and oxygen atoms in total. The molecule has 0 saturated carbocycles. The van der Waals surface area contributed by atoms with E-state index >= 15 is 0 Å². The van der Waals surface area contributed by atoms with Crippen LogP contribution < -0.4 is 9.47 Å². The Morgan fingerprint density at radius 2 is 1.96 bits per heavy atom. The molecule has 1 aromatic carbocycles. The zero-order chi connectivity index (χ0) is 18.9. The first kappa shape index (κ1) is 18.0. The molecule has 0 unspecified atom stereocenters. The summed E-state index contributed by atoms with van der Waals surface area (Å²) < 4.78 is 17.2. The summed E-state index contributed by atoms with van der Waals surface area (Å²) in [4.78, 5) is 18.3. The fourth-order valence-electron chi connectivity index (χ4n) is 4.30. The SMILES string of the molecule is O=C(c1cccs1)N1C[C@H]2COC[C@@H]1CN(Cc1ccc3c(c1)OCCO3)C2. The predicted molar refractivity (Wildman–Crippen MR) is 106 cm³/mol. The van der Waals surface area contributed by atoms with Gasteiger partial charge in [0.05, 0.1) is 24.1 Å². The Morgan fingerprint density at radius 3 is 2.82 bits per heavy atom. The average molecular weight is 401 g/mol. The average Bonchev–Trinajstić information content (AvgIpc) is 3.10. The van der Waals surface area contributed by atoms with Crippen LogP contribution in [0, 0.1) is 5.92 Å². The Bertz CT molecular complexity index is 841. The normalized spacial score (nSPS) is 24.6. The topological polar surface area (TPSA) is 51.2 Å². The van der Waals surface area contributed by atoms with Gasteiger partial charge in [0.25, 0.3) is 5.91 Å². The van der Waals surface area contributed by atoms with Gasteiger partial charge in [-0.15, -0.1) is 11.3 Å². The predicted octanol–water partition coefficient (Wildman–Crippen LogP) is 2.49. The Hall–Kier alpha value is -2.09. The van der Waals surface area contributed by atoms with Crippen LogP contribution in [-0.4, -0.2) is 67.8 Å². The molecule has 5 rings (SSSR count). The summed E-state index contributed by atoms with van der Waals surface area (Å²) >= 11 is 1.51. The minimum atomic E-state index is 0.0827. The highest BCUT2D eigenvalue weighted by atomic mass is 32.1. The Labute approximate surface area is 168 Å². The largest absolute Gasteiger partial charge is 0.486 e. The van der Waals surface area contributed by atoms with Crippen molar-refractivity contribution in [3.63, 3.8) is 0 Å². The van der Waals surface area contributed by atoms with Gasteiger partial charge >= 0.3 is 0 Å². The molecule has 1 amide bonds. The quantitative estimate of drug-likeness (QED) is 0.792. The molecular weight excluding hydrogens is 376 g/mol. The van der Waals surface area contributed by atoms with Crippen LogP contribution in [0.2, 0.25) is 0 Å². The lowest BCUT2D eigenvalue weighted by molar-refractivity contribution is 0.0426. The van der Waals surface area contributed by atoms with Crippen LogP contribution in [-0.2, 0) is 11.3 Å². The van der Waals surface area contributed by atoms with Crippen molar-refractivity contribution in [3.8, 4) is 11.5 Å². The van der Waals surface area contributed by atoms with Crippen molar-refractivity contribution in [2.75, 3.05) is 46.1 Å². The minimum absolute atomic E-state index is 0.0827. The lowest BCUT2D eigenvalue weighted by atomic mass is 10.1. The van der Waals surface area contributed by atoms with Crippen molar-refractivity contribution in [3.05, 3.63) is 46.2 Å². The monoisotopic (exact) mass is 400 g/mol. The lowest BCUT2D eigenvalue weighted by Crippen LogP contribution is -2.46. The third-order valence-corrected chi connectivity index (χ3v) is 6.41. The number of ether oxygens (including phenoxy) is 3. The molecule has 4 heterocycles. The van der Waals surface area contributed by atoms with Crippen molar-refractivity contribution in [1.29, 1.82) is 0 Å². The molecule has 1 aromatic heterocycles. The molecule has 0 aliphatic carbocycles. The van der Waals surface area contributed by atoms with Crippen molar-refractivity contribution in [1.82, 2.24) is 9.80 Å². The van der Waals surface area contributed by atoms with E-state index in [-0.39, 0.29) is 11.9 Å². The molecule has 0 N–H and O–H groups in total. The number of carbonyl (C=O) groups excluding carboxylic acids is 1. The number of thiophene rings is 1. The first-order valence-corrected chi connectivity index (χ1v) is 10.7. The molecule has 2 saturated heterocycles. The van der Waals surface area contributed by atoms with Crippen LogP contribution in [0.1, 0.15) is 15.2 Å². The highest BCUT2D eigenvalue weighted by molar-refractivity contribution is 7.12. The lowest BCUT2D eigenvalue weighted by Gasteiger charge is -2.31. The van der Waals surface area contributed by atoms with Crippen molar-refractivity contribution in [2.45, 2.75) is 12.6 Å². The van der Waals surface area contributed by atoms with E-state index in [0.29, 0.717) is 32.3 Å². The van der Waals surface area contributed by atoms with Gasteiger partial charge in [-0.1, -0.05) is 12.1 Å². The first-order chi connectivity index (χ1) is 13.8. The number of rotatable bonds is 3. The number of amides is 1. The fraction of sp³-hybridized carbons (Fsp3) is 0.476. The van der Waals surface area contributed by atoms with E-state index < -0.39 is 0 Å². The van der Waals surface area contributed by atoms with E-state index in [1.807, 2.05) is 28.5 Å². The summed E-state index contributed by atoms with van der Waals surface area (Å²) in [6.45, 7) is 5.87. The Kier molecular flexibility index (Phi) is 4.96. The molecule has 2 fully saturated rings. The van der Waals surface area contributed by atoms with Gasteiger partial charge in [-0.2, -0.15) is 0 Å². The van der Waals surface area contributed by atoms with E-state index in [1.54, 1.807) is 0 Å². The molecule has 0 radical (unpaired) electrons. The number of hydrogen-bond acceptors (Lipinski definition) is 6. The standard InChI is InChI=1S/C21H24N2O4S/c24-21(20-2-1-7-28-20)23-11-16-10-22(12-17(23)14-25-13-16)9-15-3-4-18-19(8-15)27-6-5-26-18/h1-4,7-8,16-17H,5-6,9-14H2/t16-,17-/m0/s1. The van der Waals surface area contributed by atoms with Gasteiger partial charge < -0.3 is 19.1 Å².